The predicted molar refractivity (Wildman–Crippen MR) is 83.6 cm³/mol. The maximum absolute atomic E-state index is 11.0. The molecule has 23 heavy (non-hydrogen) atoms. The summed E-state index contributed by atoms with van der Waals surface area (Å²) in [5.41, 5.74) is 6.90. The van der Waals surface area contributed by atoms with Gasteiger partial charge in [0.2, 0.25) is 0 Å². The Morgan fingerprint density at radius 1 is 1.04 bits per heavy atom. The third kappa shape index (κ3) is 5.60. The Morgan fingerprint density at radius 2 is 1.61 bits per heavy atom. The normalized spacial score (nSPS) is 12.7. The molecule has 0 aliphatic rings. The molecule has 2 amide bonds. The van der Waals surface area contributed by atoms with Crippen molar-refractivity contribution in [3.8, 4) is 5.75 Å². The summed E-state index contributed by atoms with van der Waals surface area (Å²) in [5.74, 6) is 0.718. The van der Waals surface area contributed by atoms with E-state index >= 15 is 0 Å². The van der Waals surface area contributed by atoms with Gasteiger partial charge in [-0.3, -0.25) is 5.21 Å². The molecule has 0 aliphatic heterocycles. The number of carbonyl (C=O) groups is 1. The Morgan fingerprint density at radius 3 is 2.13 bits per heavy atom. The molecule has 0 aliphatic carbocycles. The third-order valence-electron chi connectivity index (χ3n) is 3.54. The van der Waals surface area contributed by atoms with Crippen LogP contribution in [0.2, 0.25) is 0 Å². The molecule has 116 valence electrons. The Kier molecular flexibility index (Phi) is 8.25. The van der Waals surface area contributed by atoms with E-state index in [0.717, 1.165) is 16.9 Å². The fourth-order valence-electron chi connectivity index (χ4n) is 2.15. The Labute approximate surface area is 178 Å². The minimum absolute atomic E-state index is 0. The average Bonchev–Trinajstić information content (AvgIpc) is 2.55. The smallest absolute Gasteiger partial charge is 0.486 e. The molecule has 5 nitrogen and oxygen atoms in total. The molecule has 2 atom stereocenters. The van der Waals surface area contributed by atoms with Crippen LogP contribution in [0.1, 0.15) is 37.1 Å². The number of primary amides is 1. The summed E-state index contributed by atoms with van der Waals surface area (Å²) in [6, 6.07) is 15.7. The van der Waals surface area contributed by atoms with Gasteiger partial charge < -0.3 is 10.5 Å². The summed E-state index contributed by atoms with van der Waals surface area (Å²) in [7, 11) is 0. The van der Waals surface area contributed by atoms with Gasteiger partial charge in [-0.15, -0.1) is 0 Å². The van der Waals surface area contributed by atoms with Gasteiger partial charge in [-0.05, 0) is 37.1 Å². The minimum Gasteiger partial charge on any atom is -0.486 e. The molecule has 0 saturated carbocycles. The summed E-state index contributed by atoms with van der Waals surface area (Å²) in [6.07, 6.45) is -0.0653. The fraction of sp³-hybridized carbons (Fsp3) is 0.235. The number of benzene rings is 2. The first-order valence-electron chi connectivity index (χ1n) is 7.08. The van der Waals surface area contributed by atoms with Crippen molar-refractivity contribution in [1.29, 1.82) is 0 Å². The van der Waals surface area contributed by atoms with E-state index in [1.54, 1.807) is 31.2 Å². The Balaban J connectivity index is 0.00000264. The summed E-state index contributed by atoms with van der Waals surface area (Å²) in [5, 5.41) is 10.0. The van der Waals surface area contributed by atoms with Crippen LogP contribution in [0.25, 0.3) is 0 Å². The van der Waals surface area contributed by atoms with E-state index in [-0.39, 0.29) is 57.5 Å². The van der Waals surface area contributed by atoms with Crippen molar-refractivity contribution >= 4 is 6.03 Å². The van der Waals surface area contributed by atoms with Gasteiger partial charge in [0.15, 0.2) is 0 Å². The molecule has 2 aromatic carbocycles. The Bertz CT molecular complexity index is 619. The van der Waals surface area contributed by atoms with Crippen molar-refractivity contribution in [2.75, 3.05) is 0 Å². The molecule has 0 saturated heterocycles. The number of nitrogens with zero attached hydrogens (tertiary/aromatic N) is 1. The van der Waals surface area contributed by atoms with Gasteiger partial charge in [0, 0.05) is 0 Å². The molecule has 0 spiro atoms. The van der Waals surface area contributed by atoms with Crippen molar-refractivity contribution in [3.05, 3.63) is 65.7 Å². The van der Waals surface area contributed by atoms with Gasteiger partial charge in [-0.25, -0.2) is 4.79 Å². The fourth-order valence-corrected chi connectivity index (χ4v) is 2.15. The number of amides is 2. The van der Waals surface area contributed by atoms with Crippen LogP contribution < -0.4 is 61.9 Å². The second-order valence-corrected chi connectivity index (χ2v) is 5.10. The SMILES string of the molecule is CC(Oc1ccc(C(C)N(O)C(N)=O)cc1)c1ccccc1.[K+]. The maximum Gasteiger partial charge on any atom is 1.00 e. The van der Waals surface area contributed by atoms with Gasteiger partial charge in [0.05, 0.1) is 6.04 Å². The molecule has 0 bridgehead atoms. The van der Waals surface area contributed by atoms with E-state index in [1.807, 2.05) is 37.3 Å². The number of hydrogen-bond donors (Lipinski definition) is 2. The number of urea groups is 1. The zero-order valence-corrected chi connectivity index (χ0v) is 16.8. The van der Waals surface area contributed by atoms with E-state index in [4.69, 9.17) is 10.5 Å². The summed E-state index contributed by atoms with van der Waals surface area (Å²) in [6.45, 7) is 3.67. The van der Waals surface area contributed by atoms with Crippen LogP contribution in [-0.2, 0) is 0 Å². The summed E-state index contributed by atoms with van der Waals surface area (Å²) >= 11 is 0. The van der Waals surface area contributed by atoms with Crippen LogP contribution in [0.3, 0.4) is 0 Å². The molecule has 6 heteroatoms. The number of ether oxygens (including phenoxy) is 1. The average molecular weight is 339 g/mol. The maximum atomic E-state index is 11.0. The first-order chi connectivity index (χ1) is 10.5. The van der Waals surface area contributed by atoms with Gasteiger partial charge in [-0.1, -0.05) is 42.5 Å². The largest absolute Gasteiger partial charge is 1.00 e. The van der Waals surface area contributed by atoms with Crippen LogP contribution in [0.4, 0.5) is 4.79 Å². The number of nitrogens with two attached hydrogens (primary N) is 1. The van der Waals surface area contributed by atoms with Gasteiger partial charge in [0.1, 0.15) is 11.9 Å². The van der Waals surface area contributed by atoms with Crippen LogP contribution >= 0.6 is 0 Å². The third-order valence-corrected chi connectivity index (χ3v) is 3.54. The van der Waals surface area contributed by atoms with Gasteiger partial charge in [0.25, 0.3) is 0 Å². The zero-order valence-electron chi connectivity index (χ0n) is 13.6. The van der Waals surface area contributed by atoms with Crippen LogP contribution in [-0.4, -0.2) is 16.3 Å². The molecule has 0 aromatic heterocycles. The van der Waals surface area contributed by atoms with E-state index in [9.17, 15) is 10.0 Å². The number of rotatable bonds is 5. The van der Waals surface area contributed by atoms with Crippen LogP contribution in [0, 0.1) is 0 Å². The van der Waals surface area contributed by atoms with Crippen molar-refractivity contribution in [2.24, 2.45) is 5.73 Å². The molecule has 2 unspecified atom stereocenters. The molecule has 0 heterocycles. The van der Waals surface area contributed by atoms with Crippen LogP contribution in [0.15, 0.2) is 54.6 Å². The first kappa shape index (κ1) is 20.2. The van der Waals surface area contributed by atoms with E-state index < -0.39 is 12.1 Å². The van der Waals surface area contributed by atoms with Crippen LogP contribution in [0.5, 0.6) is 5.75 Å². The molecule has 2 rings (SSSR count). The summed E-state index contributed by atoms with van der Waals surface area (Å²) < 4.78 is 5.88. The van der Waals surface area contributed by atoms with Gasteiger partial charge >= 0.3 is 57.4 Å². The quantitative estimate of drug-likeness (QED) is 0.477. The first-order valence-corrected chi connectivity index (χ1v) is 7.08. The topological polar surface area (TPSA) is 75.8 Å². The molecule has 0 fully saturated rings. The van der Waals surface area contributed by atoms with Crippen molar-refractivity contribution < 1.29 is 66.1 Å². The Hall–Kier alpha value is -0.894. The zero-order chi connectivity index (χ0) is 16.1. The molecular weight excluding hydrogens is 319 g/mol. The standard InChI is InChI=1S/C17H20N2O3.K/c1-12(19(21)17(18)20)14-8-10-16(11-9-14)22-13(2)15-6-4-3-5-7-15;/h3-13,21H,1-2H3,(H2,18,20);/q;+1. The van der Waals surface area contributed by atoms with Crippen molar-refractivity contribution in [2.45, 2.75) is 26.0 Å². The number of hydroxylamine groups is 2. The number of carbonyl (C=O) groups excluding carboxylic acids is 1. The van der Waals surface area contributed by atoms with Crippen molar-refractivity contribution in [3.63, 3.8) is 0 Å². The second kappa shape index (κ2) is 9.41. The molecular formula is C17H20KN2O3+. The minimum atomic E-state index is -0.884. The second-order valence-electron chi connectivity index (χ2n) is 5.10. The summed E-state index contributed by atoms with van der Waals surface area (Å²) in [4.78, 5) is 11.0. The van der Waals surface area contributed by atoms with E-state index in [0.29, 0.717) is 5.06 Å². The molecule has 3 N–H and O–H groups in total. The van der Waals surface area contributed by atoms with Crippen molar-refractivity contribution in [1.82, 2.24) is 5.06 Å². The van der Waals surface area contributed by atoms with E-state index in [1.165, 1.54) is 0 Å². The molecule has 2 aromatic rings. The van der Waals surface area contributed by atoms with Gasteiger partial charge in [-0.2, -0.15) is 5.06 Å². The molecule has 0 radical (unpaired) electrons. The van der Waals surface area contributed by atoms with E-state index in [2.05, 4.69) is 0 Å². The number of hydrogen-bond acceptors (Lipinski definition) is 3. The monoisotopic (exact) mass is 339 g/mol. The predicted octanol–water partition coefficient (Wildman–Crippen LogP) is 0.662.